The standard InChI is InChI=1S/C15H21FO/c1-5-11(10-14(17)15(2,3)4)12-6-8-13(16)9-7-12/h6-9,11H,5,10H2,1-4H3. The SMILES string of the molecule is CCC(CC(=O)C(C)(C)C)c1ccc(F)cc1. The summed E-state index contributed by atoms with van der Waals surface area (Å²) in [7, 11) is 0. The number of hydrogen-bond acceptors (Lipinski definition) is 1. The Labute approximate surface area is 103 Å². The van der Waals surface area contributed by atoms with Crippen molar-refractivity contribution in [3.63, 3.8) is 0 Å². The quantitative estimate of drug-likeness (QED) is 0.760. The molecule has 1 unspecified atom stereocenters. The molecule has 0 aliphatic carbocycles. The number of Topliss-reactive ketones (excluding diaryl/α,β-unsaturated/α-hetero) is 1. The molecule has 0 fully saturated rings. The van der Waals surface area contributed by atoms with Gasteiger partial charge in [-0.25, -0.2) is 4.39 Å². The highest BCUT2D eigenvalue weighted by Gasteiger charge is 2.24. The van der Waals surface area contributed by atoms with Crippen molar-refractivity contribution < 1.29 is 9.18 Å². The van der Waals surface area contributed by atoms with Gasteiger partial charge in [0.1, 0.15) is 11.6 Å². The van der Waals surface area contributed by atoms with Gasteiger partial charge in [0.15, 0.2) is 0 Å². The van der Waals surface area contributed by atoms with Crippen molar-refractivity contribution in [2.45, 2.75) is 46.5 Å². The van der Waals surface area contributed by atoms with E-state index in [1.807, 2.05) is 20.8 Å². The first-order chi connectivity index (χ1) is 7.84. The molecule has 0 saturated carbocycles. The Hall–Kier alpha value is -1.18. The fourth-order valence-electron chi connectivity index (χ4n) is 1.76. The molecule has 1 aromatic rings. The summed E-state index contributed by atoms with van der Waals surface area (Å²) in [6.07, 6.45) is 1.43. The predicted molar refractivity (Wildman–Crippen MR) is 68.5 cm³/mol. The van der Waals surface area contributed by atoms with Crippen LogP contribution in [0.2, 0.25) is 0 Å². The van der Waals surface area contributed by atoms with Crippen LogP contribution in [0.1, 0.15) is 52.0 Å². The predicted octanol–water partition coefficient (Wildman–Crippen LogP) is 4.32. The van der Waals surface area contributed by atoms with Gasteiger partial charge in [-0.05, 0) is 30.0 Å². The zero-order valence-electron chi connectivity index (χ0n) is 11.1. The van der Waals surface area contributed by atoms with E-state index < -0.39 is 0 Å². The number of benzene rings is 1. The van der Waals surface area contributed by atoms with E-state index in [2.05, 4.69) is 6.92 Å². The van der Waals surface area contributed by atoms with E-state index in [-0.39, 0.29) is 22.9 Å². The normalized spacial score (nSPS) is 13.5. The van der Waals surface area contributed by atoms with E-state index in [9.17, 15) is 9.18 Å². The number of hydrogen-bond donors (Lipinski definition) is 0. The Morgan fingerprint density at radius 2 is 1.76 bits per heavy atom. The molecule has 1 atom stereocenters. The van der Waals surface area contributed by atoms with E-state index in [0.717, 1.165) is 12.0 Å². The molecule has 0 heterocycles. The number of rotatable bonds is 4. The average Bonchev–Trinajstić information content (AvgIpc) is 2.25. The van der Waals surface area contributed by atoms with Crippen LogP contribution < -0.4 is 0 Å². The molecule has 0 aromatic heterocycles. The van der Waals surface area contributed by atoms with E-state index >= 15 is 0 Å². The number of carbonyl (C=O) groups is 1. The van der Waals surface area contributed by atoms with Crippen molar-refractivity contribution in [2.75, 3.05) is 0 Å². The second-order valence-electron chi connectivity index (χ2n) is 5.53. The Kier molecular flexibility index (Phi) is 4.44. The van der Waals surface area contributed by atoms with Crippen LogP contribution in [0.5, 0.6) is 0 Å². The molecule has 0 amide bonds. The van der Waals surface area contributed by atoms with E-state index in [4.69, 9.17) is 0 Å². The minimum Gasteiger partial charge on any atom is -0.299 e. The lowest BCUT2D eigenvalue weighted by molar-refractivity contribution is -0.126. The minimum atomic E-state index is -0.298. The zero-order valence-corrected chi connectivity index (χ0v) is 11.1. The first-order valence-corrected chi connectivity index (χ1v) is 6.13. The third kappa shape index (κ3) is 3.95. The van der Waals surface area contributed by atoms with Gasteiger partial charge in [-0.1, -0.05) is 39.8 Å². The van der Waals surface area contributed by atoms with Gasteiger partial charge in [-0.2, -0.15) is 0 Å². The van der Waals surface area contributed by atoms with Crippen LogP contribution >= 0.6 is 0 Å². The van der Waals surface area contributed by atoms with Crippen molar-refractivity contribution in [1.82, 2.24) is 0 Å². The topological polar surface area (TPSA) is 17.1 Å². The van der Waals surface area contributed by atoms with Gasteiger partial charge in [-0.3, -0.25) is 4.79 Å². The molecular weight excluding hydrogens is 215 g/mol. The van der Waals surface area contributed by atoms with Crippen molar-refractivity contribution in [3.8, 4) is 0 Å². The van der Waals surface area contributed by atoms with Crippen LogP contribution in [-0.4, -0.2) is 5.78 Å². The van der Waals surface area contributed by atoms with Crippen LogP contribution in [-0.2, 0) is 4.79 Å². The number of ketones is 1. The highest BCUT2D eigenvalue weighted by atomic mass is 19.1. The Balaban J connectivity index is 2.79. The summed E-state index contributed by atoms with van der Waals surface area (Å²) in [4.78, 5) is 12.0. The Morgan fingerprint density at radius 1 is 1.24 bits per heavy atom. The van der Waals surface area contributed by atoms with Crippen molar-refractivity contribution >= 4 is 5.78 Å². The van der Waals surface area contributed by atoms with Gasteiger partial charge in [0, 0.05) is 11.8 Å². The van der Waals surface area contributed by atoms with E-state index in [1.54, 1.807) is 12.1 Å². The summed E-state index contributed by atoms with van der Waals surface area (Å²) in [6.45, 7) is 7.87. The molecule has 0 N–H and O–H groups in total. The molecule has 17 heavy (non-hydrogen) atoms. The number of carbonyl (C=O) groups excluding carboxylic acids is 1. The lowest BCUT2D eigenvalue weighted by Crippen LogP contribution is -2.22. The fraction of sp³-hybridized carbons (Fsp3) is 0.533. The molecule has 0 aliphatic rings. The highest BCUT2D eigenvalue weighted by molar-refractivity contribution is 5.84. The van der Waals surface area contributed by atoms with Gasteiger partial charge in [-0.15, -0.1) is 0 Å². The third-order valence-electron chi connectivity index (χ3n) is 3.10. The van der Waals surface area contributed by atoms with Gasteiger partial charge in [0.25, 0.3) is 0 Å². The summed E-state index contributed by atoms with van der Waals surface area (Å²) in [6, 6.07) is 6.47. The Bertz CT molecular complexity index is 373. The monoisotopic (exact) mass is 236 g/mol. The van der Waals surface area contributed by atoms with Crippen LogP contribution in [0.4, 0.5) is 4.39 Å². The lowest BCUT2D eigenvalue weighted by atomic mass is 9.82. The van der Waals surface area contributed by atoms with Crippen LogP contribution in [0, 0.1) is 11.2 Å². The maximum absolute atomic E-state index is 12.8. The second kappa shape index (κ2) is 5.44. The molecule has 0 aliphatic heterocycles. The molecule has 0 radical (unpaired) electrons. The summed E-state index contributed by atoms with van der Waals surface area (Å²) >= 11 is 0. The van der Waals surface area contributed by atoms with Gasteiger partial charge in [0.2, 0.25) is 0 Å². The highest BCUT2D eigenvalue weighted by Crippen LogP contribution is 2.28. The summed E-state index contributed by atoms with van der Waals surface area (Å²) < 4.78 is 12.8. The van der Waals surface area contributed by atoms with Crippen LogP contribution in [0.15, 0.2) is 24.3 Å². The van der Waals surface area contributed by atoms with Crippen molar-refractivity contribution in [3.05, 3.63) is 35.6 Å². The molecule has 1 aromatic carbocycles. The van der Waals surface area contributed by atoms with Crippen LogP contribution in [0.25, 0.3) is 0 Å². The largest absolute Gasteiger partial charge is 0.299 e. The fourth-order valence-corrected chi connectivity index (χ4v) is 1.76. The maximum Gasteiger partial charge on any atom is 0.138 e. The van der Waals surface area contributed by atoms with Crippen molar-refractivity contribution in [1.29, 1.82) is 0 Å². The minimum absolute atomic E-state index is 0.197. The molecular formula is C15H21FO. The first-order valence-electron chi connectivity index (χ1n) is 6.13. The summed E-state index contributed by atoms with van der Waals surface area (Å²) in [5, 5.41) is 0. The van der Waals surface area contributed by atoms with E-state index in [1.165, 1.54) is 12.1 Å². The maximum atomic E-state index is 12.8. The van der Waals surface area contributed by atoms with Gasteiger partial charge >= 0.3 is 0 Å². The van der Waals surface area contributed by atoms with E-state index in [0.29, 0.717) is 6.42 Å². The zero-order chi connectivity index (χ0) is 13.1. The third-order valence-corrected chi connectivity index (χ3v) is 3.10. The molecule has 0 saturated heterocycles. The summed E-state index contributed by atoms with van der Waals surface area (Å²) in [5.74, 6) is 0.224. The molecule has 0 spiro atoms. The molecule has 2 heteroatoms. The molecule has 1 rings (SSSR count). The molecule has 0 bridgehead atoms. The number of halogens is 1. The molecule has 94 valence electrons. The summed E-state index contributed by atoms with van der Waals surface area (Å²) in [5.41, 5.74) is 0.750. The smallest absolute Gasteiger partial charge is 0.138 e. The second-order valence-corrected chi connectivity index (χ2v) is 5.53. The average molecular weight is 236 g/mol. The van der Waals surface area contributed by atoms with Crippen LogP contribution in [0.3, 0.4) is 0 Å². The lowest BCUT2D eigenvalue weighted by Gasteiger charge is -2.21. The van der Waals surface area contributed by atoms with Gasteiger partial charge in [0.05, 0.1) is 0 Å². The van der Waals surface area contributed by atoms with Crippen molar-refractivity contribution in [2.24, 2.45) is 5.41 Å². The Morgan fingerprint density at radius 3 is 2.18 bits per heavy atom. The van der Waals surface area contributed by atoms with Gasteiger partial charge < -0.3 is 0 Å². The molecule has 1 nitrogen and oxygen atoms in total. The first kappa shape index (κ1) is 13.9.